The second kappa shape index (κ2) is 9.54. The molecule has 0 radical (unpaired) electrons. The zero-order valence-corrected chi connectivity index (χ0v) is 18.0. The average Bonchev–Trinajstić information content (AvgIpc) is 3.30. The number of piperazine rings is 1. The Hall–Kier alpha value is -2.82. The van der Waals surface area contributed by atoms with Gasteiger partial charge in [0.05, 0.1) is 0 Å². The maximum absolute atomic E-state index is 5.52. The van der Waals surface area contributed by atoms with Crippen molar-refractivity contribution in [1.82, 2.24) is 9.80 Å². The number of hydrogen-bond acceptors (Lipinski definition) is 4. The Morgan fingerprint density at radius 2 is 1.29 bits per heavy atom. The first-order valence-corrected chi connectivity index (χ1v) is 11.3. The number of rotatable bonds is 7. The van der Waals surface area contributed by atoms with Crippen LogP contribution in [0, 0.1) is 0 Å². The Morgan fingerprint density at radius 3 is 1.97 bits per heavy atom. The van der Waals surface area contributed by atoms with Gasteiger partial charge in [-0.15, -0.1) is 0 Å². The van der Waals surface area contributed by atoms with E-state index < -0.39 is 0 Å². The van der Waals surface area contributed by atoms with E-state index in [0.29, 0.717) is 12.7 Å². The van der Waals surface area contributed by atoms with Gasteiger partial charge in [0.2, 0.25) is 6.79 Å². The summed E-state index contributed by atoms with van der Waals surface area (Å²) in [4.78, 5) is 5.16. The summed E-state index contributed by atoms with van der Waals surface area (Å²) in [5.74, 6) is 2.19. The van der Waals surface area contributed by atoms with Crippen molar-refractivity contribution in [2.24, 2.45) is 0 Å². The third-order valence-electron chi connectivity index (χ3n) is 6.45. The Bertz CT molecular complexity index is 930. The predicted molar refractivity (Wildman–Crippen MR) is 124 cm³/mol. The molecule has 0 aromatic heterocycles. The highest BCUT2D eigenvalue weighted by molar-refractivity contribution is 5.44. The molecule has 0 N–H and O–H groups in total. The highest BCUT2D eigenvalue weighted by Gasteiger charge is 2.21. The summed E-state index contributed by atoms with van der Waals surface area (Å²) in [7, 11) is 0. The van der Waals surface area contributed by atoms with Crippen LogP contribution in [0.3, 0.4) is 0 Å². The van der Waals surface area contributed by atoms with Crippen LogP contribution in [0.25, 0.3) is 0 Å². The van der Waals surface area contributed by atoms with Gasteiger partial charge in [0.1, 0.15) is 0 Å². The van der Waals surface area contributed by atoms with Crippen molar-refractivity contribution in [3.05, 3.63) is 95.6 Å². The molecule has 0 saturated carbocycles. The molecular formula is C27H30N2O2. The minimum atomic E-state index is 0.338. The number of hydrogen-bond donors (Lipinski definition) is 0. The molecule has 1 fully saturated rings. The Balaban J connectivity index is 1.15. The zero-order chi connectivity index (χ0) is 20.9. The van der Waals surface area contributed by atoms with Crippen LogP contribution in [0.1, 0.15) is 29.0 Å². The maximum atomic E-state index is 5.52. The molecule has 0 aliphatic carbocycles. The lowest BCUT2D eigenvalue weighted by Gasteiger charge is -2.35. The van der Waals surface area contributed by atoms with Gasteiger partial charge in [0.25, 0.3) is 0 Å². The van der Waals surface area contributed by atoms with E-state index in [-0.39, 0.29) is 0 Å². The fraction of sp³-hybridized carbons (Fsp3) is 0.333. The SMILES string of the molecule is c1ccc(C(CCN2CCN(Cc3ccc4c(c3)OCO4)CC2)c2ccccc2)cc1. The molecule has 2 aliphatic heterocycles. The second-order valence-electron chi connectivity index (χ2n) is 8.47. The molecule has 0 atom stereocenters. The van der Waals surface area contributed by atoms with Crippen LogP contribution in [0.5, 0.6) is 11.5 Å². The van der Waals surface area contributed by atoms with Crippen molar-refractivity contribution < 1.29 is 9.47 Å². The van der Waals surface area contributed by atoms with E-state index in [4.69, 9.17) is 9.47 Å². The van der Waals surface area contributed by atoms with E-state index in [1.54, 1.807) is 0 Å². The van der Waals surface area contributed by atoms with Gasteiger partial charge in [-0.05, 0) is 41.8 Å². The van der Waals surface area contributed by atoms with Crippen molar-refractivity contribution in [2.75, 3.05) is 39.5 Å². The van der Waals surface area contributed by atoms with Crippen molar-refractivity contribution in [3.8, 4) is 11.5 Å². The van der Waals surface area contributed by atoms with E-state index in [2.05, 4.69) is 82.6 Å². The summed E-state index contributed by atoms with van der Waals surface area (Å²) < 4.78 is 10.9. The van der Waals surface area contributed by atoms with Gasteiger partial charge in [0, 0.05) is 38.6 Å². The summed E-state index contributed by atoms with van der Waals surface area (Å²) >= 11 is 0. The molecule has 0 unspecified atom stereocenters. The lowest BCUT2D eigenvalue weighted by atomic mass is 9.88. The molecule has 0 amide bonds. The lowest BCUT2D eigenvalue weighted by Crippen LogP contribution is -2.46. The molecule has 1 saturated heterocycles. The molecule has 3 aromatic rings. The van der Waals surface area contributed by atoms with E-state index in [9.17, 15) is 0 Å². The molecule has 0 spiro atoms. The summed E-state index contributed by atoms with van der Waals surface area (Å²) in [6, 6.07) is 28.2. The summed E-state index contributed by atoms with van der Waals surface area (Å²) in [5.41, 5.74) is 4.12. The van der Waals surface area contributed by atoms with Crippen molar-refractivity contribution in [2.45, 2.75) is 18.9 Å². The first-order chi connectivity index (χ1) is 15.3. The van der Waals surface area contributed by atoms with Gasteiger partial charge in [-0.3, -0.25) is 4.90 Å². The average molecular weight is 415 g/mol. The third-order valence-corrected chi connectivity index (χ3v) is 6.45. The summed E-state index contributed by atoms with van der Waals surface area (Å²) in [6.45, 7) is 6.91. The van der Waals surface area contributed by atoms with Gasteiger partial charge >= 0.3 is 0 Å². The Labute approximate surface area is 185 Å². The predicted octanol–water partition coefficient (Wildman–Crippen LogP) is 4.76. The monoisotopic (exact) mass is 414 g/mol. The molecule has 160 valence electrons. The molecule has 3 aromatic carbocycles. The van der Waals surface area contributed by atoms with Gasteiger partial charge in [-0.25, -0.2) is 0 Å². The standard InChI is InChI=1S/C27H30N2O2/c1-3-7-23(8-4-1)25(24-9-5-2-6-10-24)13-14-28-15-17-29(18-16-28)20-22-11-12-26-27(19-22)31-21-30-26/h1-12,19,25H,13-18,20-21H2. The number of benzene rings is 3. The molecule has 2 aliphatic rings. The van der Waals surface area contributed by atoms with Gasteiger partial charge in [-0.1, -0.05) is 66.7 Å². The van der Waals surface area contributed by atoms with Crippen molar-refractivity contribution in [3.63, 3.8) is 0 Å². The minimum absolute atomic E-state index is 0.338. The van der Waals surface area contributed by atoms with Crippen molar-refractivity contribution >= 4 is 0 Å². The van der Waals surface area contributed by atoms with Crippen LogP contribution in [0.15, 0.2) is 78.9 Å². The highest BCUT2D eigenvalue weighted by Crippen LogP contribution is 2.33. The summed E-state index contributed by atoms with van der Waals surface area (Å²) in [6.07, 6.45) is 1.15. The fourth-order valence-electron chi connectivity index (χ4n) is 4.68. The molecule has 4 heteroatoms. The van der Waals surface area contributed by atoms with Crippen LogP contribution in [-0.4, -0.2) is 49.3 Å². The van der Waals surface area contributed by atoms with E-state index in [1.165, 1.54) is 16.7 Å². The maximum Gasteiger partial charge on any atom is 0.231 e. The van der Waals surface area contributed by atoms with Gasteiger partial charge in [-0.2, -0.15) is 0 Å². The Kier molecular flexibility index (Phi) is 6.19. The minimum Gasteiger partial charge on any atom is -0.454 e. The first kappa shape index (κ1) is 20.1. The quantitative estimate of drug-likeness (QED) is 0.557. The number of ether oxygens (including phenoxy) is 2. The van der Waals surface area contributed by atoms with Crippen LogP contribution in [0.2, 0.25) is 0 Å². The van der Waals surface area contributed by atoms with E-state index in [0.717, 1.165) is 57.2 Å². The fourth-order valence-corrected chi connectivity index (χ4v) is 4.68. The molecule has 31 heavy (non-hydrogen) atoms. The normalized spacial score (nSPS) is 16.7. The lowest BCUT2D eigenvalue weighted by molar-refractivity contribution is 0.125. The summed E-state index contributed by atoms with van der Waals surface area (Å²) in [5, 5.41) is 0. The van der Waals surface area contributed by atoms with E-state index >= 15 is 0 Å². The molecule has 2 heterocycles. The van der Waals surface area contributed by atoms with Crippen LogP contribution in [-0.2, 0) is 6.54 Å². The van der Waals surface area contributed by atoms with Crippen molar-refractivity contribution in [1.29, 1.82) is 0 Å². The highest BCUT2D eigenvalue weighted by atomic mass is 16.7. The third kappa shape index (κ3) is 4.92. The van der Waals surface area contributed by atoms with Crippen LogP contribution >= 0.6 is 0 Å². The van der Waals surface area contributed by atoms with Gasteiger partial charge in [0.15, 0.2) is 11.5 Å². The smallest absolute Gasteiger partial charge is 0.231 e. The number of nitrogens with zero attached hydrogens (tertiary/aromatic N) is 2. The first-order valence-electron chi connectivity index (χ1n) is 11.3. The second-order valence-corrected chi connectivity index (χ2v) is 8.47. The molecule has 4 nitrogen and oxygen atoms in total. The number of fused-ring (bicyclic) bond motifs is 1. The molecule has 0 bridgehead atoms. The zero-order valence-electron chi connectivity index (χ0n) is 18.0. The topological polar surface area (TPSA) is 24.9 Å². The largest absolute Gasteiger partial charge is 0.454 e. The van der Waals surface area contributed by atoms with Crippen LogP contribution < -0.4 is 9.47 Å². The Morgan fingerprint density at radius 1 is 0.677 bits per heavy atom. The van der Waals surface area contributed by atoms with Gasteiger partial charge < -0.3 is 14.4 Å². The molecule has 5 rings (SSSR count). The van der Waals surface area contributed by atoms with E-state index in [1.807, 2.05) is 6.07 Å². The molecular weight excluding hydrogens is 384 g/mol. The van der Waals surface area contributed by atoms with Crippen LogP contribution in [0.4, 0.5) is 0 Å².